The van der Waals surface area contributed by atoms with E-state index in [-0.39, 0.29) is 5.82 Å². The summed E-state index contributed by atoms with van der Waals surface area (Å²) in [4.78, 5) is 0. The molecule has 1 unspecified atom stereocenters. The van der Waals surface area contributed by atoms with E-state index < -0.39 is 6.10 Å². The lowest BCUT2D eigenvalue weighted by Crippen LogP contribution is -2.00. The highest BCUT2D eigenvalue weighted by Crippen LogP contribution is 2.24. The van der Waals surface area contributed by atoms with Crippen LogP contribution in [0.5, 0.6) is 0 Å². The van der Waals surface area contributed by atoms with Crippen LogP contribution in [0.25, 0.3) is 0 Å². The number of halogens is 2. The number of aliphatic hydroxyl groups excluding tert-OH is 1. The maximum absolute atomic E-state index is 13.1. The summed E-state index contributed by atoms with van der Waals surface area (Å²) in [7, 11) is 0. The number of rotatable bonds is 2. The molecular weight excluding hydrogens is 330 g/mol. The zero-order valence-electron chi connectivity index (χ0n) is 9.32. The van der Waals surface area contributed by atoms with Crippen molar-refractivity contribution in [2.24, 2.45) is 0 Å². The molecule has 0 amide bonds. The summed E-state index contributed by atoms with van der Waals surface area (Å²) in [6.07, 6.45) is -0.703. The van der Waals surface area contributed by atoms with Gasteiger partial charge in [-0.25, -0.2) is 4.39 Å². The molecule has 1 nitrogen and oxygen atoms in total. The first-order valence-electron chi connectivity index (χ1n) is 5.27. The Hall–Kier alpha value is -0.940. The van der Waals surface area contributed by atoms with Crippen LogP contribution in [-0.2, 0) is 0 Å². The first-order valence-corrected chi connectivity index (χ1v) is 6.35. The van der Waals surface area contributed by atoms with Crippen molar-refractivity contribution >= 4 is 22.6 Å². The Morgan fingerprint density at radius 1 is 1.06 bits per heavy atom. The number of aliphatic hydroxyl groups is 1. The summed E-state index contributed by atoms with van der Waals surface area (Å²) in [5.74, 6) is -0.247. The van der Waals surface area contributed by atoms with Crippen molar-refractivity contribution in [1.29, 1.82) is 0 Å². The molecule has 17 heavy (non-hydrogen) atoms. The minimum absolute atomic E-state index is 0.247. The molecule has 0 saturated carbocycles. The van der Waals surface area contributed by atoms with E-state index in [2.05, 4.69) is 22.6 Å². The molecule has 0 aliphatic carbocycles. The number of benzene rings is 2. The second-order valence-electron chi connectivity index (χ2n) is 3.96. The van der Waals surface area contributed by atoms with Crippen LogP contribution < -0.4 is 0 Å². The van der Waals surface area contributed by atoms with E-state index >= 15 is 0 Å². The molecule has 0 spiro atoms. The summed E-state index contributed by atoms with van der Waals surface area (Å²) >= 11 is 2.21. The van der Waals surface area contributed by atoms with Gasteiger partial charge in [0.2, 0.25) is 0 Å². The summed E-state index contributed by atoms with van der Waals surface area (Å²) in [5.41, 5.74) is 2.08. The molecule has 0 heterocycles. The SMILES string of the molecule is Cc1cc(C(O)c2ccc(I)cc2)ccc1F. The lowest BCUT2D eigenvalue weighted by atomic mass is 10.00. The molecule has 1 N–H and O–H groups in total. The molecule has 3 heteroatoms. The maximum Gasteiger partial charge on any atom is 0.126 e. The van der Waals surface area contributed by atoms with E-state index in [9.17, 15) is 9.50 Å². The summed E-state index contributed by atoms with van der Waals surface area (Å²) in [5, 5.41) is 10.2. The fraction of sp³-hybridized carbons (Fsp3) is 0.143. The molecule has 0 saturated heterocycles. The maximum atomic E-state index is 13.1. The first-order chi connectivity index (χ1) is 8.08. The quantitative estimate of drug-likeness (QED) is 0.823. The van der Waals surface area contributed by atoms with Crippen LogP contribution in [-0.4, -0.2) is 5.11 Å². The molecule has 2 aromatic carbocycles. The third-order valence-corrected chi connectivity index (χ3v) is 3.40. The van der Waals surface area contributed by atoms with Gasteiger partial charge in [0.05, 0.1) is 0 Å². The standard InChI is InChI=1S/C14H12FIO/c1-9-8-11(4-7-13(9)15)14(17)10-2-5-12(16)6-3-10/h2-8,14,17H,1H3. The molecule has 0 aromatic heterocycles. The van der Waals surface area contributed by atoms with Gasteiger partial charge in [0.1, 0.15) is 11.9 Å². The number of aryl methyl sites for hydroxylation is 1. The van der Waals surface area contributed by atoms with Gasteiger partial charge in [0.15, 0.2) is 0 Å². The zero-order chi connectivity index (χ0) is 12.4. The van der Waals surface area contributed by atoms with E-state index in [1.54, 1.807) is 19.1 Å². The van der Waals surface area contributed by atoms with E-state index in [0.29, 0.717) is 11.1 Å². The number of hydrogen-bond acceptors (Lipinski definition) is 1. The highest BCUT2D eigenvalue weighted by molar-refractivity contribution is 14.1. The molecule has 0 fully saturated rings. The van der Waals surface area contributed by atoms with Crippen LogP contribution in [0, 0.1) is 16.3 Å². The Kier molecular flexibility index (Phi) is 3.79. The van der Waals surface area contributed by atoms with E-state index in [0.717, 1.165) is 9.13 Å². The predicted octanol–water partition coefficient (Wildman–Crippen LogP) is 3.82. The monoisotopic (exact) mass is 342 g/mol. The van der Waals surface area contributed by atoms with Gasteiger partial charge < -0.3 is 5.11 Å². The Bertz CT molecular complexity index is 522. The van der Waals surface area contributed by atoms with Gasteiger partial charge in [-0.2, -0.15) is 0 Å². The van der Waals surface area contributed by atoms with Gasteiger partial charge in [-0.15, -0.1) is 0 Å². The Balaban J connectivity index is 2.33. The molecule has 0 aliphatic heterocycles. The van der Waals surface area contributed by atoms with Crippen LogP contribution in [0.1, 0.15) is 22.8 Å². The lowest BCUT2D eigenvalue weighted by Gasteiger charge is -2.12. The van der Waals surface area contributed by atoms with Crippen LogP contribution in [0.15, 0.2) is 42.5 Å². The summed E-state index contributed by atoms with van der Waals surface area (Å²) in [6, 6.07) is 12.3. The van der Waals surface area contributed by atoms with Crippen LogP contribution >= 0.6 is 22.6 Å². The van der Waals surface area contributed by atoms with Gasteiger partial charge in [-0.05, 0) is 64.4 Å². The van der Waals surface area contributed by atoms with Crippen LogP contribution in [0.2, 0.25) is 0 Å². The van der Waals surface area contributed by atoms with Gasteiger partial charge in [-0.3, -0.25) is 0 Å². The van der Waals surface area contributed by atoms with E-state index in [4.69, 9.17) is 0 Å². The van der Waals surface area contributed by atoms with Crippen LogP contribution in [0.4, 0.5) is 4.39 Å². The largest absolute Gasteiger partial charge is 0.384 e. The highest BCUT2D eigenvalue weighted by atomic mass is 127. The third-order valence-electron chi connectivity index (χ3n) is 2.68. The smallest absolute Gasteiger partial charge is 0.126 e. The normalized spacial score (nSPS) is 12.5. The predicted molar refractivity (Wildman–Crippen MR) is 74.4 cm³/mol. The molecule has 2 rings (SSSR count). The van der Waals surface area contributed by atoms with Crippen molar-refractivity contribution in [3.05, 3.63) is 68.5 Å². The van der Waals surface area contributed by atoms with Crippen LogP contribution in [0.3, 0.4) is 0 Å². The molecule has 2 aromatic rings. The molecule has 1 atom stereocenters. The summed E-state index contributed by atoms with van der Waals surface area (Å²) in [6.45, 7) is 1.69. The van der Waals surface area contributed by atoms with E-state index in [1.807, 2.05) is 24.3 Å². The second kappa shape index (κ2) is 5.14. The van der Waals surface area contributed by atoms with Crippen molar-refractivity contribution in [1.82, 2.24) is 0 Å². The number of hydrogen-bond donors (Lipinski definition) is 1. The Morgan fingerprint density at radius 2 is 1.65 bits per heavy atom. The minimum atomic E-state index is -0.703. The van der Waals surface area contributed by atoms with E-state index in [1.165, 1.54) is 6.07 Å². The molecule has 0 bridgehead atoms. The fourth-order valence-electron chi connectivity index (χ4n) is 1.68. The molecular formula is C14H12FIO. The van der Waals surface area contributed by atoms with Crippen molar-refractivity contribution in [2.75, 3.05) is 0 Å². The van der Waals surface area contributed by atoms with Crippen molar-refractivity contribution in [3.8, 4) is 0 Å². The van der Waals surface area contributed by atoms with Crippen molar-refractivity contribution in [2.45, 2.75) is 13.0 Å². The average Bonchev–Trinajstić information content (AvgIpc) is 2.33. The first kappa shape index (κ1) is 12.5. The van der Waals surface area contributed by atoms with Crippen molar-refractivity contribution in [3.63, 3.8) is 0 Å². The lowest BCUT2D eigenvalue weighted by molar-refractivity contribution is 0.220. The van der Waals surface area contributed by atoms with Gasteiger partial charge in [0.25, 0.3) is 0 Å². The van der Waals surface area contributed by atoms with Gasteiger partial charge in [-0.1, -0.05) is 24.3 Å². The second-order valence-corrected chi connectivity index (χ2v) is 5.21. The fourth-order valence-corrected chi connectivity index (χ4v) is 2.04. The highest BCUT2D eigenvalue weighted by Gasteiger charge is 2.11. The van der Waals surface area contributed by atoms with Gasteiger partial charge >= 0.3 is 0 Å². The summed E-state index contributed by atoms with van der Waals surface area (Å²) < 4.78 is 14.3. The molecule has 0 aliphatic rings. The third kappa shape index (κ3) is 2.84. The Labute approximate surface area is 113 Å². The average molecular weight is 342 g/mol. The zero-order valence-corrected chi connectivity index (χ0v) is 11.5. The topological polar surface area (TPSA) is 20.2 Å². The van der Waals surface area contributed by atoms with Crippen molar-refractivity contribution < 1.29 is 9.50 Å². The molecule has 0 radical (unpaired) electrons. The van der Waals surface area contributed by atoms with Gasteiger partial charge in [0, 0.05) is 3.57 Å². The Morgan fingerprint density at radius 3 is 2.24 bits per heavy atom. The molecule has 88 valence electrons. The minimum Gasteiger partial charge on any atom is -0.384 e.